The van der Waals surface area contributed by atoms with Gasteiger partial charge in [0.2, 0.25) is 11.8 Å². The molecule has 1 aromatic heterocycles. The van der Waals surface area contributed by atoms with Gasteiger partial charge in [0, 0.05) is 31.3 Å². The number of rotatable bonds is 7. The van der Waals surface area contributed by atoms with E-state index < -0.39 is 0 Å². The molecule has 0 saturated carbocycles. The largest absolute Gasteiger partial charge is 0.472 e. The van der Waals surface area contributed by atoms with E-state index in [-0.39, 0.29) is 42.4 Å². The number of amides is 2. The first kappa shape index (κ1) is 25.6. The van der Waals surface area contributed by atoms with E-state index >= 15 is 0 Å². The average molecular weight is 469 g/mol. The van der Waals surface area contributed by atoms with Gasteiger partial charge in [0.05, 0.1) is 25.7 Å². The Morgan fingerprint density at radius 2 is 1.91 bits per heavy atom. The molecule has 1 aromatic carbocycles. The molecule has 0 radical (unpaired) electrons. The van der Waals surface area contributed by atoms with Gasteiger partial charge < -0.3 is 24.5 Å². The molecule has 0 bridgehead atoms. The lowest BCUT2D eigenvalue weighted by molar-refractivity contribution is -0.132. The summed E-state index contributed by atoms with van der Waals surface area (Å²) in [5.74, 6) is -0.0666. The molecule has 1 N–H and O–H groups in total. The first-order valence-electron chi connectivity index (χ1n) is 11.6. The van der Waals surface area contributed by atoms with Gasteiger partial charge in [-0.2, -0.15) is 0 Å². The molecule has 184 valence electrons. The number of benzene rings is 1. The monoisotopic (exact) mass is 468 g/mol. The van der Waals surface area contributed by atoms with Gasteiger partial charge in [0.1, 0.15) is 11.7 Å². The second kappa shape index (κ2) is 11.0. The fourth-order valence-electron chi connectivity index (χ4n) is 3.99. The van der Waals surface area contributed by atoms with Gasteiger partial charge >= 0.3 is 0 Å². The molecule has 2 amide bonds. The minimum Gasteiger partial charge on any atom is -0.472 e. The molecule has 8 heteroatoms. The number of likely N-dealkylation sites (N-methyl/N-ethyl adjacent to an activating group) is 2. The third-order valence-electron chi connectivity index (χ3n) is 6.24. The first-order valence-corrected chi connectivity index (χ1v) is 11.6. The van der Waals surface area contributed by atoms with Crippen LogP contribution in [0.25, 0.3) is 11.1 Å². The number of fused-ring (bicyclic) bond motifs is 1. The number of ether oxygens (including phenoxy) is 1. The number of aromatic nitrogens is 1. The normalized spacial score (nSPS) is 19.2. The molecule has 34 heavy (non-hydrogen) atoms. The van der Waals surface area contributed by atoms with E-state index in [0.29, 0.717) is 25.2 Å². The topological polar surface area (TPSA) is 86.2 Å². The quantitative estimate of drug-likeness (QED) is 0.671. The van der Waals surface area contributed by atoms with E-state index in [1.807, 2.05) is 64.0 Å². The molecule has 1 aliphatic rings. The second-order valence-electron chi connectivity index (χ2n) is 9.58. The van der Waals surface area contributed by atoms with E-state index in [4.69, 9.17) is 4.74 Å². The smallest absolute Gasteiger partial charge is 0.259 e. The minimum atomic E-state index is -0.367. The predicted octanol–water partition coefficient (Wildman–Crippen LogP) is 2.30. The molecule has 0 spiro atoms. The Morgan fingerprint density at radius 3 is 2.53 bits per heavy atom. The lowest BCUT2D eigenvalue weighted by Crippen LogP contribution is -2.51. The van der Waals surface area contributed by atoms with Gasteiger partial charge in [0.25, 0.3) is 5.91 Å². The van der Waals surface area contributed by atoms with Gasteiger partial charge in [-0.3, -0.25) is 9.59 Å². The van der Waals surface area contributed by atoms with Crippen LogP contribution >= 0.6 is 0 Å². The zero-order valence-corrected chi connectivity index (χ0v) is 21.0. The maximum absolute atomic E-state index is 13.6. The standard InChI is InChI=1S/C26H36N4O4/c1-17-7-9-20(10-8-17)21-11-22-25(27-12-21)34-23(14-29(6)24(32)15-28(4)5)18(2)13-30(26(22)33)19(3)16-31/h7-12,18-19,23,31H,13-16H2,1-6H3/t18-,19+,23-/m1/s1. The fourth-order valence-corrected chi connectivity index (χ4v) is 3.99. The summed E-state index contributed by atoms with van der Waals surface area (Å²) in [6.45, 7) is 6.76. The number of pyridine rings is 1. The molecular weight excluding hydrogens is 432 g/mol. The van der Waals surface area contributed by atoms with Crippen molar-refractivity contribution in [1.29, 1.82) is 0 Å². The maximum Gasteiger partial charge on any atom is 0.259 e. The van der Waals surface area contributed by atoms with Crippen LogP contribution in [-0.2, 0) is 4.79 Å². The summed E-state index contributed by atoms with van der Waals surface area (Å²) in [5, 5.41) is 9.83. The Kier molecular flexibility index (Phi) is 8.28. The molecule has 0 fully saturated rings. The van der Waals surface area contributed by atoms with Crippen LogP contribution in [0.15, 0.2) is 36.5 Å². The average Bonchev–Trinajstić information content (AvgIpc) is 2.80. The molecule has 8 nitrogen and oxygen atoms in total. The summed E-state index contributed by atoms with van der Waals surface area (Å²) >= 11 is 0. The van der Waals surface area contributed by atoms with Crippen molar-refractivity contribution in [3.63, 3.8) is 0 Å². The zero-order valence-electron chi connectivity index (χ0n) is 21.0. The molecular formula is C26H36N4O4. The predicted molar refractivity (Wildman–Crippen MR) is 132 cm³/mol. The number of nitrogens with zero attached hydrogens (tertiary/aromatic N) is 4. The van der Waals surface area contributed by atoms with Crippen molar-refractivity contribution in [3.05, 3.63) is 47.7 Å². The van der Waals surface area contributed by atoms with Gasteiger partial charge in [-0.25, -0.2) is 4.98 Å². The lowest BCUT2D eigenvalue weighted by atomic mass is 9.99. The van der Waals surface area contributed by atoms with Crippen LogP contribution in [0, 0.1) is 12.8 Å². The molecule has 0 saturated heterocycles. The number of aliphatic hydroxyl groups excluding tert-OH is 1. The highest BCUT2D eigenvalue weighted by Crippen LogP contribution is 2.30. The number of hydrogen-bond acceptors (Lipinski definition) is 6. The van der Waals surface area contributed by atoms with Crippen LogP contribution in [-0.4, -0.2) is 96.1 Å². The van der Waals surface area contributed by atoms with Crippen LogP contribution in [0.3, 0.4) is 0 Å². The highest BCUT2D eigenvalue weighted by atomic mass is 16.5. The number of aliphatic hydroxyl groups is 1. The van der Waals surface area contributed by atoms with Crippen LogP contribution in [0.5, 0.6) is 5.88 Å². The summed E-state index contributed by atoms with van der Waals surface area (Å²) in [4.78, 5) is 35.8. The van der Waals surface area contributed by atoms with Crippen molar-refractivity contribution in [1.82, 2.24) is 19.7 Å². The Hall–Kier alpha value is -2.97. The summed E-state index contributed by atoms with van der Waals surface area (Å²) < 4.78 is 6.29. The van der Waals surface area contributed by atoms with Crippen molar-refractivity contribution in [2.75, 3.05) is 47.4 Å². The van der Waals surface area contributed by atoms with Crippen molar-refractivity contribution in [2.45, 2.75) is 32.9 Å². The lowest BCUT2D eigenvalue weighted by Gasteiger charge is -2.37. The Labute approximate surface area is 202 Å². The molecule has 3 rings (SSSR count). The van der Waals surface area contributed by atoms with Crippen molar-refractivity contribution >= 4 is 11.8 Å². The van der Waals surface area contributed by atoms with E-state index in [0.717, 1.165) is 16.7 Å². The SMILES string of the molecule is Cc1ccc(-c2cnc3c(c2)C(=O)N([C@@H](C)CO)C[C@@H](C)[C@@H](CN(C)C(=O)CN(C)C)O3)cc1. The number of carbonyl (C=O) groups excluding carboxylic acids is 2. The van der Waals surface area contributed by atoms with E-state index in [9.17, 15) is 14.7 Å². The van der Waals surface area contributed by atoms with Gasteiger partial charge in [0.15, 0.2) is 0 Å². The van der Waals surface area contributed by atoms with Gasteiger partial charge in [-0.1, -0.05) is 36.8 Å². The van der Waals surface area contributed by atoms with Crippen molar-refractivity contribution in [2.24, 2.45) is 5.92 Å². The molecule has 2 heterocycles. The van der Waals surface area contributed by atoms with Crippen LogP contribution < -0.4 is 4.74 Å². The summed E-state index contributed by atoms with van der Waals surface area (Å²) in [6, 6.07) is 9.47. The minimum absolute atomic E-state index is 0.0116. The number of hydrogen-bond donors (Lipinski definition) is 1. The Morgan fingerprint density at radius 1 is 1.24 bits per heavy atom. The Bertz CT molecular complexity index is 1010. The van der Waals surface area contributed by atoms with E-state index in [1.54, 1.807) is 29.1 Å². The van der Waals surface area contributed by atoms with Crippen molar-refractivity contribution in [3.8, 4) is 17.0 Å². The first-order chi connectivity index (χ1) is 16.1. The van der Waals surface area contributed by atoms with Crippen LogP contribution in [0.2, 0.25) is 0 Å². The molecule has 0 unspecified atom stereocenters. The molecule has 3 atom stereocenters. The molecule has 2 aromatic rings. The highest BCUT2D eigenvalue weighted by Gasteiger charge is 2.34. The van der Waals surface area contributed by atoms with E-state index in [1.165, 1.54) is 0 Å². The highest BCUT2D eigenvalue weighted by molar-refractivity contribution is 5.98. The van der Waals surface area contributed by atoms with Crippen molar-refractivity contribution < 1.29 is 19.4 Å². The van der Waals surface area contributed by atoms with Crippen LogP contribution in [0.4, 0.5) is 0 Å². The third-order valence-corrected chi connectivity index (χ3v) is 6.24. The maximum atomic E-state index is 13.6. The number of aryl methyl sites for hydroxylation is 1. The van der Waals surface area contributed by atoms with Gasteiger partial charge in [-0.05, 0) is 39.6 Å². The second-order valence-corrected chi connectivity index (χ2v) is 9.58. The molecule has 0 aliphatic carbocycles. The Balaban J connectivity index is 1.98. The summed E-state index contributed by atoms with van der Waals surface area (Å²) in [6.07, 6.45) is 1.34. The number of carbonyl (C=O) groups is 2. The summed E-state index contributed by atoms with van der Waals surface area (Å²) in [7, 11) is 5.47. The van der Waals surface area contributed by atoms with Gasteiger partial charge in [-0.15, -0.1) is 0 Å². The molecule has 1 aliphatic heterocycles. The van der Waals surface area contributed by atoms with Crippen LogP contribution in [0.1, 0.15) is 29.8 Å². The third kappa shape index (κ3) is 5.93. The summed E-state index contributed by atoms with van der Waals surface area (Å²) in [5.41, 5.74) is 3.28. The fraction of sp³-hybridized carbons (Fsp3) is 0.500. The zero-order chi connectivity index (χ0) is 25.0. The van der Waals surface area contributed by atoms with E-state index in [2.05, 4.69) is 4.98 Å².